The Kier molecular flexibility index (Phi) is 9.54. The van der Waals surface area contributed by atoms with Gasteiger partial charge < -0.3 is 4.90 Å². The molecule has 1 nitrogen and oxygen atoms in total. The van der Waals surface area contributed by atoms with Crippen molar-refractivity contribution in [1.29, 1.82) is 0 Å². The number of anilines is 2. The number of fused-ring (bicyclic) bond motifs is 10. The van der Waals surface area contributed by atoms with E-state index in [1.165, 1.54) is 122 Å². The normalized spacial score (nSPS) is 14.5. The van der Waals surface area contributed by atoms with Crippen molar-refractivity contribution in [2.45, 2.75) is 44.9 Å². The molecule has 0 saturated heterocycles. The van der Waals surface area contributed by atoms with Crippen LogP contribution in [0.3, 0.4) is 0 Å². The van der Waals surface area contributed by atoms with Crippen LogP contribution in [0, 0.1) is 0 Å². The maximum atomic E-state index is 2.52. The maximum Gasteiger partial charge on any atom is 0.0539 e. The average molecular weight is 870 g/mol. The highest BCUT2D eigenvalue weighted by molar-refractivity contribution is 6.25. The Labute approximate surface area is 399 Å². The average Bonchev–Trinajstić information content (AvgIpc) is 3.64. The molecule has 1 heteroatoms. The largest absolute Gasteiger partial charge is 0.310 e. The van der Waals surface area contributed by atoms with Gasteiger partial charge in [-0.15, -0.1) is 0 Å². The Morgan fingerprint density at radius 1 is 0.426 bits per heavy atom. The summed E-state index contributed by atoms with van der Waals surface area (Å²) in [6, 6.07) is 73.0. The van der Waals surface area contributed by atoms with Gasteiger partial charge in [0.05, 0.1) is 5.69 Å². The van der Waals surface area contributed by atoms with Crippen LogP contribution in [-0.4, -0.2) is 0 Å². The third-order valence-electron chi connectivity index (χ3n) is 15.1. The predicted molar refractivity (Wildman–Crippen MR) is 291 cm³/mol. The van der Waals surface area contributed by atoms with Crippen molar-refractivity contribution in [3.8, 4) is 55.6 Å². The molecule has 0 aromatic heterocycles. The van der Waals surface area contributed by atoms with Crippen LogP contribution in [0.15, 0.2) is 224 Å². The summed E-state index contributed by atoms with van der Waals surface area (Å²) in [4.78, 5) is 2.45. The zero-order chi connectivity index (χ0) is 45.3. The van der Waals surface area contributed by atoms with Crippen molar-refractivity contribution < 1.29 is 0 Å². The fourth-order valence-corrected chi connectivity index (χ4v) is 11.8. The van der Waals surface area contributed by atoms with Gasteiger partial charge in [-0.3, -0.25) is 0 Å². The van der Waals surface area contributed by atoms with Gasteiger partial charge in [-0.05, 0) is 173 Å². The Hall–Kier alpha value is -8.00. The summed E-state index contributed by atoms with van der Waals surface area (Å²) < 4.78 is 0. The van der Waals surface area contributed by atoms with Gasteiger partial charge in [-0.1, -0.05) is 196 Å². The first-order chi connectivity index (χ1) is 33.5. The van der Waals surface area contributed by atoms with Crippen LogP contribution in [-0.2, 0) is 11.8 Å². The van der Waals surface area contributed by atoms with Crippen molar-refractivity contribution >= 4 is 49.8 Å². The van der Waals surface area contributed by atoms with E-state index in [4.69, 9.17) is 0 Å². The minimum absolute atomic E-state index is 0.0684. The number of rotatable bonds is 7. The molecule has 0 N–H and O–H groups in total. The molecule has 0 radical (unpaired) electrons. The van der Waals surface area contributed by atoms with Crippen molar-refractivity contribution in [2.24, 2.45) is 0 Å². The summed E-state index contributed by atoms with van der Waals surface area (Å²) in [6.07, 6.45) is 15.9. The number of allylic oxidation sites excluding steroid dienone is 4. The number of hydrogen-bond donors (Lipinski definition) is 0. The molecular formula is C67H51N. The first-order valence-corrected chi connectivity index (χ1v) is 24.4. The molecular weight excluding hydrogens is 819 g/mol. The number of benzene rings is 10. The minimum Gasteiger partial charge on any atom is -0.310 e. The number of nitrogens with zero attached hydrogens (tertiary/aromatic N) is 1. The molecule has 3 aliphatic rings. The van der Waals surface area contributed by atoms with Gasteiger partial charge in [-0.25, -0.2) is 0 Å². The van der Waals surface area contributed by atoms with Gasteiger partial charge in [0.2, 0.25) is 0 Å². The third kappa shape index (κ3) is 6.44. The summed E-state index contributed by atoms with van der Waals surface area (Å²) >= 11 is 0. The Balaban J connectivity index is 1.07. The fourth-order valence-electron chi connectivity index (χ4n) is 11.8. The molecule has 68 heavy (non-hydrogen) atoms. The molecule has 3 aliphatic carbocycles. The van der Waals surface area contributed by atoms with Crippen molar-refractivity contribution in [2.75, 3.05) is 4.90 Å². The smallest absolute Gasteiger partial charge is 0.0539 e. The fraction of sp³-hybridized carbons (Fsp3) is 0.104. The lowest BCUT2D eigenvalue weighted by molar-refractivity contribution is 0.660. The summed E-state index contributed by atoms with van der Waals surface area (Å²) in [5, 5.41) is 7.76. The van der Waals surface area contributed by atoms with Crippen molar-refractivity contribution in [1.82, 2.24) is 0 Å². The summed E-state index contributed by atoms with van der Waals surface area (Å²) in [5.41, 5.74) is 21.7. The van der Waals surface area contributed by atoms with Crippen molar-refractivity contribution in [3.63, 3.8) is 0 Å². The zero-order valence-corrected chi connectivity index (χ0v) is 38.6. The van der Waals surface area contributed by atoms with Crippen LogP contribution in [0.5, 0.6) is 0 Å². The molecule has 10 aromatic carbocycles. The standard InChI is InChI=1S/C67H51N/c1-67(2)61-31-17-16-29-54(61)55-39-35-49(42-62(55)67)48-36-40-57-60(41-48)53-28-14-15-30-56(53)65-59(46-21-8-4-9-22-46)43-58(45-19-6-3-7-20-45)64(66(57)65)47-33-37-51(38-34-47)68(50-25-10-5-11-26-50)63-32-18-24-44-23-12-13-27-52(44)63/h3-4,6-10,12-13,15-27,29-43H,5,11,14,28H2,1-2H3. The van der Waals surface area contributed by atoms with Crippen LogP contribution in [0.4, 0.5) is 11.4 Å². The van der Waals surface area contributed by atoms with Crippen molar-refractivity contribution in [3.05, 3.63) is 246 Å². The van der Waals surface area contributed by atoms with Gasteiger partial charge >= 0.3 is 0 Å². The summed E-state index contributed by atoms with van der Waals surface area (Å²) in [7, 11) is 0. The maximum absolute atomic E-state index is 2.52. The van der Waals surface area contributed by atoms with Gasteiger partial charge in [0, 0.05) is 22.2 Å². The Morgan fingerprint density at radius 3 is 1.91 bits per heavy atom. The van der Waals surface area contributed by atoms with Gasteiger partial charge in [0.1, 0.15) is 0 Å². The molecule has 13 rings (SSSR count). The van der Waals surface area contributed by atoms with Crippen LogP contribution < -0.4 is 4.90 Å². The van der Waals surface area contributed by atoms with Gasteiger partial charge in [-0.2, -0.15) is 0 Å². The van der Waals surface area contributed by atoms with Gasteiger partial charge in [0.25, 0.3) is 0 Å². The molecule has 0 atom stereocenters. The van der Waals surface area contributed by atoms with E-state index in [0.717, 1.165) is 31.4 Å². The minimum atomic E-state index is -0.0684. The van der Waals surface area contributed by atoms with E-state index >= 15 is 0 Å². The lowest BCUT2D eigenvalue weighted by atomic mass is 9.78. The molecule has 0 fully saturated rings. The quantitative estimate of drug-likeness (QED) is 0.144. The molecule has 0 bridgehead atoms. The summed E-state index contributed by atoms with van der Waals surface area (Å²) in [6.45, 7) is 4.76. The number of hydrogen-bond acceptors (Lipinski definition) is 1. The lowest BCUT2D eigenvalue weighted by Crippen LogP contribution is -2.16. The number of aryl methyl sites for hydroxylation is 1. The molecule has 0 spiro atoms. The van der Waals surface area contributed by atoms with E-state index < -0.39 is 0 Å². The highest BCUT2D eigenvalue weighted by Gasteiger charge is 2.35. The van der Waals surface area contributed by atoms with Crippen LogP contribution in [0.1, 0.15) is 55.4 Å². The molecule has 10 aromatic rings. The first kappa shape index (κ1) is 40.3. The van der Waals surface area contributed by atoms with E-state index in [1.54, 1.807) is 0 Å². The van der Waals surface area contributed by atoms with E-state index in [-0.39, 0.29) is 5.41 Å². The van der Waals surface area contributed by atoms with Crippen LogP contribution in [0.25, 0.3) is 94.0 Å². The van der Waals surface area contributed by atoms with E-state index in [1.807, 2.05) is 0 Å². The molecule has 324 valence electrons. The predicted octanol–water partition coefficient (Wildman–Crippen LogP) is 18.5. The molecule has 0 amide bonds. The molecule has 0 aliphatic heterocycles. The monoisotopic (exact) mass is 869 g/mol. The Bertz CT molecular complexity index is 3730. The summed E-state index contributed by atoms with van der Waals surface area (Å²) in [5.74, 6) is 0. The molecule has 0 saturated carbocycles. The SMILES string of the molecule is CC1(C)c2ccccc2-c2ccc(-c3ccc4c(c3)c3c(c5c(-c6ccccc6)cc(-c6ccccc6)c(-c6ccc(N(C7=CCCC=C7)c7cccc8ccccc78)cc6)c54)C=CCC3)cc21. The second-order valence-corrected chi connectivity index (χ2v) is 19.3. The zero-order valence-electron chi connectivity index (χ0n) is 38.6. The van der Waals surface area contributed by atoms with E-state index in [0.29, 0.717) is 0 Å². The first-order valence-electron chi connectivity index (χ1n) is 24.4. The molecule has 0 unspecified atom stereocenters. The third-order valence-corrected chi connectivity index (χ3v) is 15.1. The van der Waals surface area contributed by atoms with E-state index in [2.05, 4.69) is 243 Å². The van der Waals surface area contributed by atoms with Gasteiger partial charge in [0.15, 0.2) is 0 Å². The second-order valence-electron chi connectivity index (χ2n) is 19.3. The van der Waals surface area contributed by atoms with Crippen LogP contribution >= 0.6 is 0 Å². The van der Waals surface area contributed by atoms with E-state index in [9.17, 15) is 0 Å². The second kappa shape index (κ2) is 16.1. The van der Waals surface area contributed by atoms with Crippen LogP contribution in [0.2, 0.25) is 0 Å². The molecule has 0 heterocycles. The lowest BCUT2D eigenvalue weighted by Gasteiger charge is -2.29. The highest BCUT2D eigenvalue weighted by Crippen LogP contribution is 2.52. The Morgan fingerprint density at radius 2 is 1.10 bits per heavy atom. The highest BCUT2D eigenvalue weighted by atomic mass is 15.1. The topological polar surface area (TPSA) is 3.24 Å².